The Labute approximate surface area is 83.3 Å². The molecule has 14 heavy (non-hydrogen) atoms. The zero-order valence-corrected chi connectivity index (χ0v) is 8.46. The summed E-state index contributed by atoms with van der Waals surface area (Å²) in [4.78, 5) is 0. The van der Waals surface area contributed by atoms with Crippen LogP contribution in [0.1, 0.15) is 16.7 Å². The van der Waals surface area contributed by atoms with Crippen molar-refractivity contribution in [2.45, 2.75) is 20.3 Å². The molecule has 1 N–H and O–H groups in total. The van der Waals surface area contributed by atoms with Crippen molar-refractivity contribution < 1.29 is 14.6 Å². The summed E-state index contributed by atoms with van der Waals surface area (Å²) in [5, 5.41) is 8.91. The minimum Gasteiger partial charge on any atom is -0.453 e. The molecule has 0 fully saturated rings. The maximum atomic E-state index is 8.91. The first-order valence-electron chi connectivity index (χ1n) is 4.73. The Balaban J connectivity index is 2.52. The van der Waals surface area contributed by atoms with E-state index >= 15 is 0 Å². The summed E-state index contributed by atoms with van der Waals surface area (Å²) in [6, 6.07) is 2.05. The van der Waals surface area contributed by atoms with Gasteiger partial charge in [-0.05, 0) is 31.4 Å². The molecule has 1 aromatic rings. The Morgan fingerprint density at radius 3 is 2.71 bits per heavy atom. The summed E-state index contributed by atoms with van der Waals surface area (Å²) in [6.07, 6.45) is 0.618. The molecule has 0 atom stereocenters. The Kier molecular flexibility index (Phi) is 2.33. The van der Waals surface area contributed by atoms with E-state index in [0.29, 0.717) is 6.42 Å². The third-order valence-corrected chi connectivity index (χ3v) is 2.61. The molecule has 3 nitrogen and oxygen atoms in total. The number of aliphatic hydroxyl groups is 1. The highest BCUT2D eigenvalue weighted by Crippen LogP contribution is 2.40. The van der Waals surface area contributed by atoms with Crippen LogP contribution in [0.4, 0.5) is 0 Å². The zero-order chi connectivity index (χ0) is 10.1. The largest absolute Gasteiger partial charge is 0.453 e. The second kappa shape index (κ2) is 3.50. The first-order valence-corrected chi connectivity index (χ1v) is 4.73. The highest BCUT2D eigenvalue weighted by Gasteiger charge is 2.21. The SMILES string of the molecule is Cc1cc(CCO)c2c(c1C)OCO2. The van der Waals surface area contributed by atoms with E-state index in [2.05, 4.69) is 6.07 Å². The van der Waals surface area contributed by atoms with Crippen LogP contribution in [0, 0.1) is 13.8 Å². The Hall–Kier alpha value is -1.22. The predicted molar refractivity (Wildman–Crippen MR) is 52.8 cm³/mol. The first kappa shape index (κ1) is 9.34. The van der Waals surface area contributed by atoms with Gasteiger partial charge in [-0.3, -0.25) is 0 Å². The number of rotatable bonds is 2. The fourth-order valence-electron chi connectivity index (χ4n) is 1.72. The summed E-state index contributed by atoms with van der Waals surface area (Å²) in [5.74, 6) is 1.65. The third-order valence-electron chi connectivity index (χ3n) is 2.61. The van der Waals surface area contributed by atoms with Gasteiger partial charge in [-0.25, -0.2) is 0 Å². The molecule has 3 heteroatoms. The van der Waals surface area contributed by atoms with Gasteiger partial charge in [0, 0.05) is 12.2 Å². The van der Waals surface area contributed by atoms with Crippen LogP contribution in [0.25, 0.3) is 0 Å². The quantitative estimate of drug-likeness (QED) is 0.776. The van der Waals surface area contributed by atoms with E-state index in [1.165, 1.54) is 5.56 Å². The molecule has 0 unspecified atom stereocenters. The fourth-order valence-corrected chi connectivity index (χ4v) is 1.72. The predicted octanol–water partition coefficient (Wildman–Crippen LogP) is 1.57. The molecule has 1 aromatic carbocycles. The van der Waals surface area contributed by atoms with Crippen LogP contribution in [-0.4, -0.2) is 18.5 Å². The van der Waals surface area contributed by atoms with Gasteiger partial charge in [0.25, 0.3) is 0 Å². The van der Waals surface area contributed by atoms with Crippen molar-refractivity contribution >= 4 is 0 Å². The molecule has 0 aliphatic carbocycles. The molecule has 0 saturated carbocycles. The van der Waals surface area contributed by atoms with E-state index < -0.39 is 0 Å². The van der Waals surface area contributed by atoms with Crippen molar-refractivity contribution in [2.75, 3.05) is 13.4 Å². The van der Waals surface area contributed by atoms with E-state index in [0.717, 1.165) is 22.6 Å². The number of hydrogen-bond donors (Lipinski definition) is 1. The van der Waals surface area contributed by atoms with E-state index in [1.54, 1.807) is 0 Å². The fraction of sp³-hybridized carbons (Fsp3) is 0.455. The van der Waals surface area contributed by atoms with Crippen molar-refractivity contribution in [3.05, 3.63) is 22.8 Å². The average Bonchev–Trinajstić information content (AvgIpc) is 2.63. The highest BCUT2D eigenvalue weighted by molar-refractivity contribution is 5.56. The number of ether oxygens (including phenoxy) is 2. The highest BCUT2D eigenvalue weighted by atomic mass is 16.7. The number of aryl methyl sites for hydroxylation is 1. The lowest BCUT2D eigenvalue weighted by molar-refractivity contribution is 0.172. The lowest BCUT2D eigenvalue weighted by atomic mass is 10.0. The van der Waals surface area contributed by atoms with Crippen LogP contribution in [-0.2, 0) is 6.42 Å². The Morgan fingerprint density at radius 2 is 2.00 bits per heavy atom. The summed E-state index contributed by atoms with van der Waals surface area (Å²) < 4.78 is 10.8. The molecule has 1 heterocycles. The van der Waals surface area contributed by atoms with Gasteiger partial charge in [0.05, 0.1) is 0 Å². The number of aliphatic hydroxyl groups excluding tert-OH is 1. The second-order valence-corrected chi connectivity index (χ2v) is 3.52. The minimum absolute atomic E-state index is 0.137. The summed E-state index contributed by atoms with van der Waals surface area (Å²) in [7, 11) is 0. The standard InChI is InChI=1S/C11H14O3/c1-7-5-9(3-4-12)11-10(8(7)2)13-6-14-11/h5,12H,3-4,6H2,1-2H3. The van der Waals surface area contributed by atoms with Gasteiger partial charge in [0.15, 0.2) is 11.5 Å². The molecule has 0 amide bonds. The van der Waals surface area contributed by atoms with Gasteiger partial charge in [-0.2, -0.15) is 0 Å². The molecular weight excluding hydrogens is 180 g/mol. The molecule has 0 radical (unpaired) electrons. The lowest BCUT2D eigenvalue weighted by Gasteiger charge is -2.09. The van der Waals surface area contributed by atoms with Crippen LogP contribution in [0.15, 0.2) is 6.07 Å². The maximum Gasteiger partial charge on any atom is 0.231 e. The van der Waals surface area contributed by atoms with Crippen molar-refractivity contribution in [3.8, 4) is 11.5 Å². The Morgan fingerprint density at radius 1 is 1.29 bits per heavy atom. The summed E-state index contributed by atoms with van der Waals surface area (Å²) in [5.41, 5.74) is 3.33. The van der Waals surface area contributed by atoms with Gasteiger partial charge in [-0.1, -0.05) is 6.07 Å². The van der Waals surface area contributed by atoms with Gasteiger partial charge < -0.3 is 14.6 Å². The average molecular weight is 194 g/mol. The molecule has 0 spiro atoms. The van der Waals surface area contributed by atoms with E-state index in [4.69, 9.17) is 14.6 Å². The van der Waals surface area contributed by atoms with Crippen LogP contribution in [0.5, 0.6) is 11.5 Å². The van der Waals surface area contributed by atoms with Crippen molar-refractivity contribution in [3.63, 3.8) is 0 Å². The van der Waals surface area contributed by atoms with Gasteiger partial charge in [0.1, 0.15) is 0 Å². The third kappa shape index (κ3) is 1.34. The normalized spacial score (nSPS) is 13.4. The van der Waals surface area contributed by atoms with Crippen molar-refractivity contribution in [1.82, 2.24) is 0 Å². The molecule has 2 rings (SSSR count). The van der Waals surface area contributed by atoms with E-state index in [-0.39, 0.29) is 13.4 Å². The van der Waals surface area contributed by atoms with Crippen molar-refractivity contribution in [1.29, 1.82) is 0 Å². The molecule has 76 valence electrons. The van der Waals surface area contributed by atoms with Crippen LogP contribution in [0.2, 0.25) is 0 Å². The van der Waals surface area contributed by atoms with E-state index in [1.807, 2.05) is 13.8 Å². The van der Waals surface area contributed by atoms with Gasteiger partial charge in [-0.15, -0.1) is 0 Å². The summed E-state index contributed by atoms with van der Waals surface area (Å²) >= 11 is 0. The summed E-state index contributed by atoms with van der Waals surface area (Å²) in [6.45, 7) is 4.49. The second-order valence-electron chi connectivity index (χ2n) is 3.52. The molecular formula is C11H14O3. The van der Waals surface area contributed by atoms with Gasteiger partial charge in [0.2, 0.25) is 6.79 Å². The molecule has 0 saturated heterocycles. The Bertz CT molecular complexity index is 358. The number of benzene rings is 1. The molecule has 1 aliphatic rings. The monoisotopic (exact) mass is 194 g/mol. The van der Waals surface area contributed by atoms with Crippen molar-refractivity contribution in [2.24, 2.45) is 0 Å². The maximum absolute atomic E-state index is 8.91. The van der Waals surface area contributed by atoms with E-state index in [9.17, 15) is 0 Å². The van der Waals surface area contributed by atoms with Crippen LogP contribution < -0.4 is 9.47 Å². The minimum atomic E-state index is 0.137. The van der Waals surface area contributed by atoms with Gasteiger partial charge >= 0.3 is 0 Å². The number of hydrogen-bond acceptors (Lipinski definition) is 3. The number of fused-ring (bicyclic) bond motifs is 1. The smallest absolute Gasteiger partial charge is 0.231 e. The van der Waals surface area contributed by atoms with Crippen LogP contribution in [0.3, 0.4) is 0 Å². The molecule has 1 aliphatic heterocycles. The molecule has 0 aromatic heterocycles. The lowest BCUT2D eigenvalue weighted by Crippen LogP contribution is -1.96. The van der Waals surface area contributed by atoms with Crippen LogP contribution >= 0.6 is 0 Å². The molecule has 0 bridgehead atoms. The topological polar surface area (TPSA) is 38.7 Å². The first-order chi connectivity index (χ1) is 6.74. The zero-order valence-electron chi connectivity index (χ0n) is 8.46.